The molecule has 0 bridgehead atoms. The molecule has 1 aromatic carbocycles. The van der Waals surface area contributed by atoms with Crippen molar-refractivity contribution in [3.8, 4) is 0 Å². The highest BCUT2D eigenvalue weighted by molar-refractivity contribution is 7.99. The van der Waals surface area contributed by atoms with Crippen molar-refractivity contribution in [2.45, 2.75) is 63.4 Å². The molecule has 0 radical (unpaired) electrons. The summed E-state index contributed by atoms with van der Waals surface area (Å²) in [5.41, 5.74) is 1.25. The highest BCUT2D eigenvalue weighted by atomic mass is 32.2. The largest absolute Gasteiger partial charge is 0.354 e. The van der Waals surface area contributed by atoms with Crippen LogP contribution in [0.1, 0.15) is 55.9 Å². The topological polar surface area (TPSA) is 67.1 Å². The fourth-order valence-corrected chi connectivity index (χ4v) is 4.41. The lowest BCUT2D eigenvalue weighted by Gasteiger charge is -2.30. The second-order valence-electron chi connectivity index (χ2n) is 7.53. The van der Waals surface area contributed by atoms with Crippen molar-refractivity contribution in [3.05, 3.63) is 47.5 Å². The Labute approximate surface area is 172 Å². The molecule has 152 valence electrons. The molecule has 7 heteroatoms. The Morgan fingerprint density at radius 2 is 2.07 bits per heavy atom. The fraction of sp³-hybridized carbons (Fsp3) is 0.571. The fourth-order valence-electron chi connectivity index (χ4n) is 3.59. The lowest BCUT2D eigenvalue weighted by atomic mass is 9.95. The van der Waals surface area contributed by atoms with E-state index in [2.05, 4.69) is 58.3 Å². The van der Waals surface area contributed by atoms with Gasteiger partial charge in [0.05, 0.1) is 6.04 Å². The summed E-state index contributed by atoms with van der Waals surface area (Å²) >= 11 is 1.98. The zero-order chi connectivity index (χ0) is 19.9. The van der Waals surface area contributed by atoms with Crippen molar-refractivity contribution >= 4 is 17.7 Å². The first-order valence-corrected chi connectivity index (χ1v) is 11.4. The van der Waals surface area contributed by atoms with Crippen molar-refractivity contribution in [1.82, 2.24) is 25.4 Å². The molecule has 0 saturated heterocycles. The second-order valence-corrected chi connectivity index (χ2v) is 8.67. The molecule has 1 aliphatic carbocycles. The smallest absolute Gasteiger partial charge is 0.192 e. The van der Waals surface area contributed by atoms with E-state index in [1.165, 1.54) is 31.2 Å². The van der Waals surface area contributed by atoms with Gasteiger partial charge < -0.3 is 15.2 Å². The molecule has 3 unspecified atom stereocenters. The number of aromatic nitrogens is 3. The van der Waals surface area contributed by atoms with Gasteiger partial charge in [0.25, 0.3) is 0 Å². The molecule has 1 fully saturated rings. The molecular formula is C21H32N6S. The summed E-state index contributed by atoms with van der Waals surface area (Å²) in [7, 11) is 1.98. The van der Waals surface area contributed by atoms with Crippen LogP contribution in [0, 0.1) is 6.92 Å². The Balaban J connectivity index is 1.72. The predicted molar refractivity (Wildman–Crippen MR) is 118 cm³/mol. The molecule has 1 saturated carbocycles. The van der Waals surface area contributed by atoms with E-state index in [-0.39, 0.29) is 6.04 Å². The van der Waals surface area contributed by atoms with Crippen molar-refractivity contribution in [2.75, 3.05) is 6.26 Å². The summed E-state index contributed by atoms with van der Waals surface area (Å²) in [6.45, 7) is 4.64. The number of rotatable bonds is 6. The van der Waals surface area contributed by atoms with E-state index in [0.29, 0.717) is 12.6 Å². The maximum absolute atomic E-state index is 4.84. The SMILES string of the molecule is CSC1CCCC(NC(=NCc2nnc(C)n2C)NC(C)c2ccccc2)C1. The summed E-state index contributed by atoms with van der Waals surface area (Å²) in [5, 5.41) is 16.4. The van der Waals surface area contributed by atoms with Gasteiger partial charge >= 0.3 is 0 Å². The van der Waals surface area contributed by atoms with Gasteiger partial charge in [-0.1, -0.05) is 36.8 Å². The monoisotopic (exact) mass is 400 g/mol. The van der Waals surface area contributed by atoms with Crippen LogP contribution in [0.4, 0.5) is 0 Å². The number of thioether (sulfide) groups is 1. The minimum absolute atomic E-state index is 0.175. The van der Waals surface area contributed by atoms with Gasteiger partial charge in [-0.2, -0.15) is 11.8 Å². The van der Waals surface area contributed by atoms with Crippen molar-refractivity contribution in [1.29, 1.82) is 0 Å². The quantitative estimate of drug-likeness (QED) is 0.573. The molecule has 0 amide bonds. The highest BCUT2D eigenvalue weighted by Crippen LogP contribution is 2.27. The summed E-state index contributed by atoms with van der Waals surface area (Å²) in [5.74, 6) is 2.63. The minimum atomic E-state index is 0.175. The normalized spacial score (nSPS) is 21.4. The van der Waals surface area contributed by atoms with Gasteiger partial charge in [-0.25, -0.2) is 4.99 Å². The van der Waals surface area contributed by atoms with E-state index in [1.807, 2.05) is 36.4 Å². The molecule has 28 heavy (non-hydrogen) atoms. The number of hydrogen-bond donors (Lipinski definition) is 2. The molecule has 2 aromatic rings. The minimum Gasteiger partial charge on any atom is -0.354 e. The Hall–Kier alpha value is -2.02. The average molecular weight is 401 g/mol. The maximum Gasteiger partial charge on any atom is 0.192 e. The summed E-state index contributed by atoms with van der Waals surface area (Å²) in [6, 6.07) is 11.1. The van der Waals surface area contributed by atoms with Gasteiger partial charge in [0.1, 0.15) is 12.4 Å². The van der Waals surface area contributed by atoms with Crippen LogP contribution in [0.25, 0.3) is 0 Å². The first-order valence-electron chi connectivity index (χ1n) is 10.1. The van der Waals surface area contributed by atoms with Crippen LogP contribution in [-0.2, 0) is 13.6 Å². The van der Waals surface area contributed by atoms with Crippen LogP contribution >= 0.6 is 11.8 Å². The van der Waals surface area contributed by atoms with Crippen LogP contribution in [0.2, 0.25) is 0 Å². The number of nitrogens with one attached hydrogen (secondary N) is 2. The first kappa shape index (κ1) is 20.7. The van der Waals surface area contributed by atoms with Crippen LogP contribution in [0.3, 0.4) is 0 Å². The Kier molecular flexibility index (Phi) is 7.36. The summed E-state index contributed by atoms with van der Waals surface area (Å²) in [4.78, 5) is 4.84. The van der Waals surface area contributed by atoms with Crippen molar-refractivity contribution in [3.63, 3.8) is 0 Å². The third-order valence-electron chi connectivity index (χ3n) is 5.51. The number of aryl methyl sites for hydroxylation is 1. The molecule has 1 aromatic heterocycles. The molecule has 6 nitrogen and oxygen atoms in total. The molecule has 0 spiro atoms. The lowest BCUT2D eigenvalue weighted by molar-refractivity contribution is 0.417. The van der Waals surface area contributed by atoms with Crippen LogP contribution in [0.15, 0.2) is 35.3 Å². The molecule has 3 rings (SSSR count). The molecule has 3 atom stereocenters. The second kappa shape index (κ2) is 9.96. The summed E-state index contributed by atoms with van der Waals surface area (Å²) in [6.07, 6.45) is 7.18. The van der Waals surface area contributed by atoms with Crippen LogP contribution in [0.5, 0.6) is 0 Å². The Bertz CT molecular complexity index is 772. The molecule has 0 aliphatic heterocycles. The molecular weight excluding hydrogens is 368 g/mol. The van der Waals surface area contributed by atoms with E-state index < -0.39 is 0 Å². The third kappa shape index (κ3) is 5.50. The van der Waals surface area contributed by atoms with Gasteiger partial charge in [0.15, 0.2) is 11.8 Å². The van der Waals surface area contributed by atoms with Crippen molar-refractivity contribution < 1.29 is 0 Å². The summed E-state index contributed by atoms with van der Waals surface area (Å²) < 4.78 is 1.99. The zero-order valence-corrected chi connectivity index (χ0v) is 18.2. The molecule has 2 N–H and O–H groups in total. The standard InChI is InChI=1S/C21H32N6S/c1-15(17-9-6-5-7-10-17)23-21(22-14-20-26-25-16(2)27(20)3)24-18-11-8-12-19(13-18)28-4/h5-7,9-10,15,18-19H,8,11-14H2,1-4H3,(H2,22,23,24). The van der Waals surface area contributed by atoms with Gasteiger partial charge in [-0.3, -0.25) is 0 Å². The van der Waals surface area contributed by atoms with E-state index in [4.69, 9.17) is 4.99 Å². The predicted octanol–water partition coefficient (Wildman–Crippen LogP) is 3.59. The van der Waals surface area contributed by atoms with Gasteiger partial charge in [-0.05, 0) is 44.9 Å². The van der Waals surface area contributed by atoms with Gasteiger partial charge in [0, 0.05) is 18.3 Å². The third-order valence-corrected chi connectivity index (χ3v) is 6.61. The molecule has 1 heterocycles. The van der Waals surface area contributed by atoms with Crippen molar-refractivity contribution in [2.24, 2.45) is 12.0 Å². The maximum atomic E-state index is 4.84. The van der Waals surface area contributed by atoms with Gasteiger partial charge in [0.2, 0.25) is 0 Å². The van der Waals surface area contributed by atoms with Crippen LogP contribution < -0.4 is 10.6 Å². The number of aliphatic imine (C=N–C) groups is 1. The first-order chi connectivity index (χ1) is 13.6. The average Bonchev–Trinajstić information content (AvgIpc) is 3.05. The Morgan fingerprint density at radius 3 is 2.75 bits per heavy atom. The number of guanidine groups is 1. The van der Waals surface area contributed by atoms with Crippen LogP contribution in [-0.4, -0.2) is 38.3 Å². The zero-order valence-electron chi connectivity index (χ0n) is 17.4. The number of benzene rings is 1. The lowest BCUT2D eigenvalue weighted by Crippen LogP contribution is -2.46. The van der Waals surface area contributed by atoms with E-state index in [1.54, 1.807) is 0 Å². The Morgan fingerprint density at radius 1 is 1.29 bits per heavy atom. The van der Waals surface area contributed by atoms with E-state index >= 15 is 0 Å². The number of hydrogen-bond acceptors (Lipinski definition) is 4. The number of nitrogens with zero attached hydrogens (tertiary/aromatic N) is 4. The van der Waals surface area contributed by atoms with E-state index in [9.17, 15) is 0 Å². The van der Waals surface area contributed by atoms with E-state index in [0.717, 1.165) is 22.9 Å². The highest BCUT2D eigenvalue weighted by Gasteiger charge is 2.22. The molecule has 1 aliphatic rings. The van der Waals surface area contributed by atoms with Gasteiger partial charge in [-0.15, -0.1) is 10.2 Å².